The number of nitrogens with one attached hydrogen (secondary N) is 1. The Morgan fingerprint density at radius 1 is 1.00 bits per heavy atom. The lowest BCUT2D eigenvalue weighted by molar-refractivity contribution is -0.137. The maximum absolute atomic E-state index is 10.4. The fourth-order valence-electron chi connectivity index (χ4n) is 3.00. The Balaban J connectivity index is 1.93. The third kappa shape index (κ3) is 10.0. The van der Waals surface area contributed by atoms with Gasteiger partial charge in [0.05, 0.1) is 0 Å². The lowest BCUT2D eigenvalue weighted by Gasteiger charge is -2.11. The van der Waals surface area contributed by atoms with Crippen LogP contribution in [0.1, 0.15) is 102 Å². The second-order valence-corrected chi connectivity index (χ2v) is 6.37. The molecule has 132 valence electrons. The fraction of sp³-hybridized carbons (Fsp3) is 0.882. The number of tetrazole rings is 1. The normalized spacial score (nSPS) is 12.4. The van der Waals surface area contributed by atoms with Gasteiger partial charge in [-0.25, -0.2) is 0 Å². The minimum Gasteiger partial charge on any atom is -0.481 e. The third-order valence-corrected chi connectivity index (χ3v) is 4.31. The van der Waals surface area contributed by atoms with Gasteiger partial charge in [0.1, 0.15) is 0 Å². The summed E-state index contributed by atoms with van der Waals surface area (Å²) in [5.41, 5.74) is 0. The van der Waals surface area contributed by atoms with Crippen LogP contribution in [0.3, 0.4) is 0 Å². The molecule has 2 N–H and O–H groups in total. The van der Waals surface area contributed by atoms with Gasteiger partial charge in [0, 0.05) is 12.3 Å². The van der Waals surface area contributed by atoms with Crippen LogP contribution in [0.5, 0.6) is 0 Å². The Kier molecular flexibility index (Phi) is 11.1. The van der Waals surface area contributed by atoms with Gasteiger partial charge in [-0.2, -0.15) is 5.21 Å². The van der Waals surface area contributed by atoms with Crippen molar-refractivity contribution in [3.05, 3.63) is 5.82 Å². The topological polar surface area (TPSA) is 91.8 Å². The molecule has 6 heteroatoms. The van der Waals surface area contributed by atoms with E-state index in [1.54, 1.807) is 0 Å². The van der Waals surface area contributed by atoms with Crippen molar-refractivity contribution >= 4 is 5.97 Å². The molecule has 0 aliphatic heterocycles. The molecule has 0 bridgehead atoms. The maximum Gasteiger partial charge on any atom is 0.303 e. The van der Waals surface area contributed by atoms with E-state index in [1.165, 1.54) is 44.9 Å². The Bertz CT molecular complexity index is 395. The van der Waals surface area contributed by atoms with E-state index in [1.807, 2.05) is 0 Å². The second-order valence-electron chi connectivity index (χ2n) is 6.37. The van der Waals surface area contributed by atoms with Crippen LogP contribution in [0.15, 0.2) is 0 Å². The van der Waals surface area contributed by atoms with Gasteiger partial charge in [0.2, 0.25) is 0 Å². The molecule has 1 aromatic heterocycles. The van der Waals surface area contributed by atoms with Crippen LogP contribution in [-0.4, -0.2) is 31.7 Å². The summed E-state index contributed by atoms with van der Waals surface area (Å²) in [4.78, 5) is 10.4. The molecule has 0 amide bonds. The van der Waals surface area contributed by atoms with Gasteiger partial charge in [-0.15, -0.1) is 10.2 Å². The van der Waals surface area contributed by atoms with Crippen LogP contribution in [0, 0.1) is 0 Å². The van der Waals surface area contributed by atoms with E-state index in [0.29, 0.717) is 12.3 Å². The monoisotopic (exact) mass is 324 g/mol. The number of rotatable bonds is 15. The highest BCUT2D eigenvalue weighted by atomic mass is 16.4. The van der Waals surface area contributed by atoms with Gasteiger partial charge in [-0.05, 0) is 19.3 Å². The predicted molar refractivity (Wildman–Crippen MR) is 90.2 cm³/mol. The van der Waals surface area contributed by atoms with E-state index in [0.717, 1.165) is 37.9 Å². The molecule has 0 aliphatic rings. The van der Waals surface area contributed by atoms with Crippen LogP contribution in [0.4, 0.5) is 0 Å². The summed E-state index contributed by atoms with van der Waals surface area (Å²) in [5, 5.41) is 23.0. The van der Waals surface area contributed by atoms with Crippen LogP contribution in [0.25, 0.3) is 0 Å². The minimum absolute atomic E-state index is 0.319. The predicted octanol–water partition coefficient (Wildman–Crippen LogP) is 4.46. The molecule has 6 nitrogen and oxygen atoms in total. The summed E-state index contributed by atoms with van der Waals surface area (Å²) < 4.78 is 0. The molecule has 0 fully saturated rings. The molecule has 1 rings (SSSR count). The zero-order valence-electron chi connectivity index (χ0n) is 14.5. The quantitative estimate of drug-likeness (QED) is 0.465. The van der Waals surface area contributed by atoms with Gasteiger partial charge in [0.15, 0.2) is 5.82 Å². The summed E-state index contributed by atoms with van der Waals surface area (Å²) in [7, 11) is 0. The number of carboxylic acids is 1. The minimum atomic E-state index is -0.674. The van der Waals surface area contributed by atoms with Gasteiger partial charge < -0.3 is 5.11 Å². The van der Waals surface area contributed by atoms with Crippen LogP contribution >= 0.6 is 0 Å². The first kappa shape index (κ1) is 19.6. The first-order chi connectivity index (χ1) is 11.2. The SMILES string of the molecule is CCCC(CCCCCCCCCCCC(=O)O)c1nn[nH]n1. The number of unbranched alkanes of at least 4 members (excludes halogenated alkanes) is 8. The molecule has 1 heterocycles. The van der Waals surface area contributed by atoms with Crippen molar-refractivity contribution in [3.63, 3.8) is 0 Å². The molecule has 1 aromatic rings. The Labute approximate surface area is 139 Å². The first-order valence-corrected chi connectivity index (χ1v) is 9.19. The highest BCUT2D eigenvalue weighted by Gasteiger charge is 2.14. The summed E-state index contributed by atoms with van der Waals surface area (Å²) in [6.45, 7) is 2.20. The van der Waals surface area contributed by atoms with E-state index < -0.39 is 5.97 Å². The zero-order chi connectivity index (χ0) is 16.8. The Morgan fingerprint density at radius 3 is 2.13 bits per heavy atom. The van der Waals surface area contributed by atoms with Gasteiger partial charge >= 0.3 is 5.97 Å². The smallest absolute Gasteiger partial charge is 0.303 e. The van der Waals surface area contributed by atoms with Crippen molar-refractivity contribution in [1.29, 1.82) is 0 Å². The summed E-state index contributed by atoms with van der Waals surface area (Å²) in [6.07, 6.45) is 14.4. The van der Waals surface area contributed by atoms with Crippen molar-refractivity contribution in [1.82, 2.24) is 20.6 Å². The largest absolute Gasteiger partial charge is 0.481 e. The van der Waals surface area contributed by atoms with Gasteiger partial charge in [-0.3, -0.25) is 4.79 Å². The highest BCUT2D eigenvalue weighted by molar-refractivity contribution is 5.66. The van der Waals surface area contributed by atoms with Crippen LogP contribution in [0.2, 0.25) is 0 Å². The van der Waals surface area contributed by atoms with Crippen LogP contribution < -0.4 is 0 Å². The van der Waals surface area contributed by atoms with Crippen molar-refractivity contribution in [2.24, 2.45) is 0 Å². The van der Waals surface area contributed by atoms with E-state index >= 15 is 0 Å². The number of carbonyl (C=O) groups is 1. The molecule has 0 aromatic carbocycles. The number of H-pyrrole nitrogens is 1. The average Bonchev–Trinajstić information content (AvgIpc) is 3.05. The Hall–Kier alpha value is -1.46. The van der Waals surface area contributed by atoms with Crippen molar-refractivity contribution in [2.75, 3.05) is 0 Å². The molecule has 0 radical (unpaired) electrons. The lowest BCUT2D eigenvalue weighted by atomic mass is 9.95. The number of nitrogens with zero attached hydrogens (tertiary/aromatic N) is 3. The van der Waals surface area contributed by atoms with Gasteiger partial charge in [-0.1, -0.05) is 69.9 Å². The number of aliphatic carboxylic acids is 1. The number of aromatic nitrogens is 4. The molecule has 1 atom stereocenters. The molecule has 23 heavy (non-hydrogen) atoms. The Morgan fingerprint density at radius 2 is 1.61 bits per heavy atom. The van der Waals surface area contributed by atoms with Gasteiger partial charge in [0.25, 0.3) is 0 Å². The third-order valence-electron chi connectivity index (χ3n) is 4.31. The van der Waals surface area contributed by atoms with Crippen molar-refractivity contribution < 1.29 is 9.90 Å². The number of hydrogen-bond acceptors (Lipinski definition) is 4. The highest BCUT2D eigenvalue weighted by Crippen LogP contribution is 2.24. The number of hydrogen-bond donors (Lipinski definition) is 2. The van der Waals surface area contributed by atoms with E-state index in [9.17, 15) is 4.79 Å². The summed E-state index contributed by atoms with van der Waals surface area (Å²) >= 11 is 0. The molecule has 0 saturated heterocycles. The summed E-state index contributed by atoms with van der Waals surface area (Å²) in [5.74, 6) is 0.647. The zero-order valence-corrected chi connectivity index (χ0v) is 14.5. The number of aromatic amines is 1. The van der Waals surface area contributed by atoms with Crippen molar-refractivity contribution in [2.45, 2.75) is 96.3 Å². The van der Waals surface area contributed by atoms with Crippen molar-refractivity contribution in [3.8, 4) is 0 Å². The lowest BCUT2D eigenvalue weighted by Crippen LogP contribution is -2.01. The molecular weight excluding hydrogens is 292 g/mol. The van der Waals surface area contributed by atoms with Crippen LogP contribution in [-0.2, 0) is 4.79 Å². The molecule has 1 unspecified atom stereocenters. The first-order valence-electron chi connectivity index (χ1n) is 9.19. The molecule has 0 aliphatic carbocycles. The molecule has 0 spiro atoms. The number of carboxylic acid groups (broad SMARTS) is 1. The molecular formula is C17H32N4O2. The van der Waals surface area contributed by atoms with E-state index in [-0.39, 0.29) is 0 Å². The van der Waals surface area contributed by atoms with E-state index in [4.69, 9.17) is 5.11 Å². The maximum atomic E-state index is 10.4. The standard InChI is InChI=1S/C17H32N4O2/c1-2-12-15(17-18-20-21-19-17)13-10-8-6-4-3-5-7-9-11-14-16(22)23/h15H,2-14H2,1H3,(H,22,23)(H,18,19,20,21). The van der Waals surface area contributed by atoms with E-state index in [2.05, 4.69) is 27.5 Å². The molecule has 0 saturated carbocycles. The summed E-state index contributed by atoms with van der Waals surface area (Å²) in [6, 6.07) is 0. The average molecular weight is 324 g/mol. The second kappa shape index (κ2) is 13.0. The fourth-order valence-corrected chi connectivity index (χ4v) is 3.00.